The van der Waals surface area contributed by atoms with E-state index in [1.807, 2.05) is 0 Å². The monoisotopic (exact) mass is 300 g/mol. The Morgan fingerprint density at radius 3 is 3.05 bits per heavy atom. The summed E-state index contributed by atoms with van der Waals surface area (Å²) in [7, 11) is 0. The first-order valence-corrected chi connectivity index (χ1v) is 8.35. The summed E-state index contributed by atoms with van der Waals surface area (Å²) in [6, 6.07) is 10.7. The number of hydrogen-bond donors (Lipinski definition) is 2. The van der Waals surface area contributed by atoms with E-state index in [2.05, 4.69) is 53.3 Å². The molecule has 0 bridgehead atoms. The Kier molecular flexibility index (Phi) is 4.36. The van der Waals surface area contributed by atoms with Crippen LogP contribution in [0.25, 0.3) is 0 Å². The molecule has 0 fully saturated rings. The second-order valence-electron chi connectivity index (χ2n) is 5.33. The number of amides is 1. The maximum absolute atomic E-state index is 12.0. The molecule has 0 saturated heterocycles. The first-order chi connectivity index (χ1) is 10.3. The molecule has 1 aliphatic rings. The van der Waals surface area contributed by atoms with Crippen molar-refractivity contribution < 1.29 is 4.79 Å². The van der Waals surface area contributed by atoms with Crippen molar-refractivity contribution in [1.82, 2.24) is 10.6 Å². The van der Waals surface area contributed by atoms with Crippen LogP contribution < -0.4 is 10.6 Å². The summed E-state index contributed by atoms with van der Waals surface area (Å²) in [6.45, 7) is 3.87. The van der Waals surface area contributed by atoms with Crippen LogP contribution in [0.3, 0.4) is 0 Å². The van der Waals surface area contributed by atoms with E-state index < -0.39 is 0 Å². The van der Waals surface area contributed by atoms with Gasteiger partial charge in [-0.2, -0.15) is 0 Å². The number of hydrogen-bond acceptors (Lipinski definition) is 3. The van der Waals surface area contributed by atoms with Crippen molar-refractivity contribution in [3.63, 3.8) is 0 Å². The number of carbonyl (C=O) groups is 1. The maximum atomic E-state index is 12.0. The first kappa shape index (κ1) is 14.3. The van der Waals surface area contributed by atoms with E-state index >= 15 is 0 Å². The van der Waals surface area contributed by atoms with E-state index in [0.29, 0.717) is 0 Å². The average molecular weight is 300 g/mol. The van der Waals surface area contributed by atoms with E-state index in [1.165, 1.54) is 10.4 Å². The smallest absolute Gasteiger partial charge is 0.251 e. The Hall–Kier alpha value is -1.65. The minimum absolute atomic E-state index is 0.0542. The summed E-state index contributed by atoms with van der Waals surface area (Å²) in [6.07, 6.45) is 2.01. The normalized spacial score (nSPS) is 15.4. The maximum Gasteiger partial charge on any atom is 0.251 e. The van der Waals surface area contributed by atoms with Gasteiger partial charge in [0.25, 0.3) is 5.91 Å². The quantitative estimate of drug-likeness (QED) is 0.891. The lowest BCUT2D eigenvalue weighted by atomic mass is 9.94. The van der Waals surface area contributed by atoms with Gasteiger partial charge < -0.3 is 10.6 Å². The molecule has 1 unspecified atom stereocenters. The molecule has 21 heavy (non-hydrogen) atoms. The molecule has 1 aromatic heterocycles. The molecule has 0 aliphatic carbocycles. The van der Waals surface area contributed by atoms with Gasteiger partial charge in [0.05, 0.1) is 6.04 Å². The van der Waals surface area contributed by atoms with Gasteiger partial charge in [-0.15, -0.1) is 11.3 Å². The fourth-order valence-corrected chi connectivity index (χ4v) is 3.56. The number of fused-ring (bicyclic) bond motifs is 1. The summed E-state index contributed by atoms with van der Waals surface area (Å²) in [4.78, 5) is 13.3. The minimum Gasteiger partial charge on any atom is -0.352 e. The lowest BCUT2D eigenvalue weighted by Crippen LogP contribution is -2.32. The molecule has 4 heteroatoms. The van der Waals surface area contributed by atoms with Crippen molar-refractivity contribution in [2.24, 2.45) is 0 Å². The van der Waals surface area contributed by atoms with Crippen LogP contribution in [-0.4, -0.2) is 19.0 Å². The van der Waals surface area contributed by atoms with Gasteiger partial charge in [-0.1, -0.05) is 25.1 Å². The second-order valence-corrected chi connectivity index (χ2v) is 6.30. The van der Waals surface area contributed by atoms with Crippen LogP contribution >= 0.6 is 11.3 Å². The van der Waals surface area contributed by atoms with E-state index in [4.69, 9.17) is 0 Å². The highest BCUT2D eigenvalue weighted by molar-refractivity contribution is 7.10. The Morgan fingerprint density at radius 1 is 1.38 bits per heavy atom. The topological polar surface area (TPSA) is 41.1 Å². The fourth-order valence-electron chi connectivity index (χ4n) is 2.74. The van der Waals surface area contributed by atoms with E-state index in [9.17, 15) is 4.79 Å². The van der Waals surface area contributed by atoms with Crippen molar-refractivity contribution in [2.45, 2.75) is 25.8 Å². The van der Waals surface area contributed by atoms with Gasteiger partial charge in [-0.3, -0.25) is 4.79 Å². The van der Waals surface area contributed by atoms with Gasteiger partial charge in [-0.25, -0.2) is 0 Å². The number of nitrogens with one attached hydrogen (secondary N) is 2. The van der Waals surface area contributed by atoms with Crippen molar-refractivity contribution in [3.05, 3.63) is 57.3 Å². The summed E-state index contributed by atoms with van der Waals surface area (Å²) in [5.41, 5.74) is 3.16. The predicted octanol–water partition coefficient (Wildman–Crippen LogP) is 3.12. The zero-order valence-corrected chi connectivity index (χ0v) is 13.0. The van der Waals surface area contributed by atoms with Gasteiger partial charge in [0.15, 0.2) is 0 Å². The summed E-state index contributed by atoms with van der Waals surface area (Å²) >= 11 is 1.75. The molecule has 110 valence electrons. The Morgan fingerprint density at radius 2 is 2.29 bits per heavy atom. The Bertz CT molecular complexity index is 622. The number of benzene rings is 1. The lowest BCUT2D eigenvalue weighted by Gasteiger charge is -2.22. The van der Waals surface area contributed by atoms with Crippen LogP contribution in [0.4, 0.5) is 0 Å². The van der Waals surface area contributed by atoms with Crippen LogP contribution in [-0.2, 0) is 6.42 Å². The molecular formula is C17H20N2OS. The molecule has 0 spiro atoms. The van der Waals surface area contributed by atoms with E-state index in [-0.39, 0.29) is 11.9 Å². The predicted molar refractivity (Wildman–Crippen MR) is 86.9 cm³/mol. The summed E-state index contributed by atoms with van der Waals surface area (Å²) < 4.78 is 0. The van der Waals surface area contributed by atoms with Crippen molar-refractivity contribution in [3.8, 4) is 0 Å². The molecule has 1 amide bonds. The average Bonchev–Trinajstić information content (AvgIpc) is 3.02. The van der Waals surface area contributed by atoms with Crippen molar-refractivity contribution in [2.75, 3.05) is 13.1 Å². The molecule has 3 rings (SSSR count). The number of rotatable bonds is 5. The standard InChI is InChI=1S/C17H20N2OS/c1-2-8-18-16(15-4-3-10-21-15)13-6-5-12-7-9-19-17(20)14(12)11-13/h3-6,10-11,16,18H,2,7-9H2,1H3,(H,19,20). The minimum atomic E-state index is 0.0542. The van der Waals surface area contributed by atoms with Gasteiger partial charge in [-0.05, 0) is 48.0 Å². The van der Waals surface area contributed by atoms with Crippen molar-refractivity contribution in [1.29, 1.82) is 0 Å². The van der Waals surface area contributed by atoms with Gasteiger partial charge >= 0.3 is 0 Å². The zero-order valence-electron chi connectivity index (χ0n) is 12.2. The highest BCUT2D eigenvalue weighted by atomic mass is 32.1. The number of thiophene rings is 1. The SMILES string of the molecule is CCCNC(c1ccc2c(c1)C(=O)NCC2)c1cccs1. The third-order valence-corrected chi connectivity index (χ3v) is 4.76. The highest BCUT2D eigenvalue weighted by Crippen LogP contribution is 2.28. The van der Waals surface area contributed by atoms with Gasteiger partial charge in [0, 0.05) is 17.0 Å². The lowest BCUT2D eigenvalue weighted by molar-refractivity contribution is 0.0946. The molecule has 3 nitrogen and oxygen atoms in total. The zero-order chi connectivity index (χ0) is 14.7. The molecule has 1 aromatic carbocycles. The molecule has 1 aliphatic heterocycles. The second kappa shape index (κ2) is 6.41. The van der Waals surface area contributed by atoms with Crippen LogP contribution in [0, 0.1) is 0 Å². The highest BCUT2D eigenvalue weighted by Gasteiger charge is 2.20. The van der Waals surface area contributed by atoms with Crippen LogP contribution in [0.5, 0.6) is 0 Å². The molecular weight excluding hydrogens is 280 g/mol. The van der Waals surface area contributed by atoms with Gasteiger partial charge in [0.2, 0.25) is 0 Å². The molecule has 1 atom stereocenters. The third-order valence-electron chi connectivity index (χ3n) is 3.82. The summed E-state index contributed by atoms with van der Waals surface area (Å²) in [5, 5.41) is 8.61. The molecule has 0 radical (unpaired) electrons. The number of carbonyl (C=O) groups excluding carboxylic acids is 1. The van der Waals surface area contributed by atoms with Crippen LogP contribution in [0.1, 0.15) is 45.7 Å². The Labute approximate surface area is 129 Å². The molecule has 2 aromatic rings. The molecule has 0 saturated carbocycles. The van der Waals surface area contributed by atoms with E-state index in [0.717, 1.165) is 37.1 Å². The van der Waals surface area contributed by atoms with Crippen LogP contribution in [0.15, 0.2) is 35.7 Å². The van der Waals surface area contributed by atoms with Crippen molar-refractivity contribution >= 4 is 17.2 Å². The largest absolute Gasteiger partial charge is 0.352 e. The molecule has 2 N–H and O–H groups in total. The van der Waals surface area contributed by atoms with Gasteiger partial charge in [0.1, 0.15) is 0 Å². The summed E-state index contributed by atoms with van der Waals surface area (Å²) in [5.74, 6) is 0.0542. The van der Waals surface area contributed by atoms with E-state index in [1.54, 1.807) is 11.3 Å². The third kappa shape index (κ3) is 3.01. The molecule has 2 heterocycles. The Balaban J connectivity index is 1.95. The van der Waals surface area contributed by atoms with Crippen LogP contribution in [0.2, 0.25) is 0 Å². The first-order valence-electron chi connectivity index (χ1n) is 7.47. The fraction of sp³-hybridized carbons (Fsp3) is 0.353.